The number of nitrogens with zero attached hydrogens (tertiary/aromatic N) is 2. The monoisotopic (exact) mass is 388 g/mol. The molecule has 27 heavy (non-hydrogen) atoms. The molecule has 1 amide bonds. The lowest BCUT2D eigenvalue weighted by Crippen LogP contribution is -2.40. The van der Waals surface area contributed by atoms with Crippen LogP contribution < -0.4 is 0 Å². The smallest absolute Gasteiger partial charge is 0.252 e. The van der Waals surface area contributed by atoms with E-state index in [1.807, 2.05) is 30.3 Å². The number of aromatic hydroxyl groups is 1. The first-order valence-electron chi connectivity index (χ1n) is 9.23. The highest BCUT2D eigenvalue weighted by Crippen LogP contribution is 2.41. The molecule has 0 saturated carbocycles. The number of hydrazine groups is 1. The van der Waals surface area contributed by atoms with Crippen molar-refractivity contribution in [1.29, 1.82) is 0 Å². The Morgan fingerprint density at radius 1 is 1.19 bits per heavy atom. The number of hydrogen-bond acceptors (Lipinski definition) is 4. The van der Waals surface area contributed by atoms with Crippen molar-refractivity contribution in [3.8, 4) is 5.75 Å². The number of rotatable bonds is 4. The summed E-state index contributed by atoms with van der Waals surface area (Å²) in [6.07, 6.45) is 3.82. The Balaban J connectivity index is 2.59. The summed E-state index contributed by atoms with van der Waals surface area (Å²) < 4.78 is 0. The second kappa shape index (κ2) is 7.72. The minimum absolute atomic E-state index is 0.0708. The van der Waals surface area contributed by atoms with E-state index in [0.29, 0.717) is 18.0 Å². The molecule has 148 valence electrons. The molecule has 0 spiro atoms. The molecule has 4 nitrogen and oxygen atoms in total. The topological polar surface area (TPSA) is 43.8 Å². The highest BCUT2D eigenvalue weighted by molar-refractivity contribution is 8.04. The summed E-state index contributed by atoms with van der Waals surface area (Å²) in [7, 11) is 1.89. The number of carbonyl (C=O) groups excluding carboxylic acids is 1. The van der Waals surface area contributed by atoms with Gasteiger partial charge in [0.05, 0.1) is 10.8 Å². The fourth-order valence-electron chi connectivity index (χ4n) is 3.14. The molecular weight excluding hydrogens is 356 g/mol. The largest absolute Gasteiger partial charge is 0.507 e. The van der Waals surface area contributed by atoms with E-state index >= 15 is 0 Å². The summed E-state index contributed by atoms with van der Waals surface area (Å²) in [5.74, 6) is 0.873. The average molecular weight is 389 g/mol. The molecule has 0 aromatic heterocycles. The fraction of sp³-hybridized carbons (Fsp3) is 0.500. The molecule has 1 saturated heterocycles. The van der Waals surface area contributed by atoms with Crippen molar-refractivity contribution < 1.29 is 9.90 Å². The zero-order chi connectivity index (χ0) is 20.6. The van der Waals surface area contributed by atoms with Crippen LogP contribution in [0.5, 0.6) is 5.75 Å². The molecule has 1 aliphatic rings. The van der Waals surface area contributed by atoms with Gasteiger partial charge < -0.3 is 5.11 Å². The standard InChI is InChI=1S/C22H32N2O2S/c1-9-10-23(8)24-18(25)14-27-19(24)13-15-11-16(21(2,3)4)20(26)17(12-15)22(5,6)7/h9,11-13,26H,1,10,14H2,2-8H3. The number of hydrogen-bond donors (Lipinski definition) is 1. The van der Waals surface area contributed by atoms with E-state index in [1.165, 1.54) is 11.8 Å². The molecule has 0 bridgehead atoms. The van der Waals surface area contributed by atoms with E-state index in [0.717, 1.165) is 21.7 Å². The summed E-state index contributed by atoms with van der Waals surface area (Å²) in [6, 6.07) is 4.07. The predicted molar refractivity (Wildman–Crippen MR) is 116 cm³/mol. The van der Waals surface area contributed by atoms with Gasteiger partial charge in [0, 0.05) is 24.7 Å². The number of carbonyl (C=O) groups is 1. The van der Waals surface area contributed by atoms with Crippen LogP contribution in [0.15, 0.2) is 29.8 Å². The normalized spacial score (nSPS) is 17.3. The first-order valence-corrected chi connectivity index (χ1v) is 10.2. The average Bonchev–Trinajstić information content (AvgIpc) is 2.87. The number of benzene rings is 1. The zero-order valence-electron chi connectivity index (χ0n) is 17.6. The Labute approximate surface area is 167 Å². The molecule has 0 unspecified atom stereocenters. The molecule has 1 aromatic rings. The van der Waals surface area contributed by atoms with Crippen LogP contribution in [0.3, 0.4) is 0 Å². The minimum Gasteiger partial charge on any atom is -0.507 e. The van der Waals surface area contributed by atoms with Gasteiger partial charge in [-0.25, -0.2) is 10.0 Å². The van der Waals surface area contributed by atoms with Gasteiger partial charge in [-0.2, -0.15) is 0 Å². The van der Waals surface area contributed by atoms with E-state index in [2.05, 4.69) is 48.1 Å². The summed E-state index contributed by atoms with van der Waals surface area (Å²) in [5.41, 5.74) is 2.47. The predicted octanol–water partition coefficient (Wildman–Crippen LogP) is 4.89. The van der Waals surface area contributed by atoms with Crippen molar-refractivity contribution in [2.24, 2.45) is 0 Å². The van der Waals surface area contributed by atoms with Crippen LogP contribution in [0, 0.1) is 0 Å². The summed E-state index contributed by atoms with van der Waals surface area (Å²) in [5, 5.41) is 15.4. The molecule has 2 rings (SSSR count). The highest BCUT2D eigenvalue weighted by Gasteiger charge is 2.31. The third-order valence-corrected chi connectivity index (χ3v) is 5.54. The van der Waals surface area contributed by atoms with Gasteiger partial charge in [0.2, 0.25) is 0 Å². The lowest BCUT2D eigenvalue weighted by molar-refractivity contribution is -0.136. The lowest BCUT2D eigenvalue weighted by atomic mass is 9.78. The molecule has 1 aromatic carbocycles. The van der Waals surface area contributed by atoms with E-state index in [1.54, 1.807) is 11.1 Å². The van der Waals surface area contributed by atoms with E-state index in [4.69, 9.17) is 0 Å². The number of thioether (sulfide) groups is 1. The maximum absolute atomic E-state index is 12.3. The molecule has 0 radical (unpaired) electrons. The lowest BCUT2D eigenvalue weighted by Gasteiger charge is -2.29. The molecule has 1 fully saturated rings. The van der Waals surface area contributed by atoms with Gasteiger partial charge in [-0.05, 0) is 34.6 Å². The van der Waals surface area contributed by atoms with Crippen LogP contribution in [-0.4, -0.2) is 40.4 Å². The first kappa shape index (κ1) is 21.6. The molecular formula is C22H32N2O2S. The van der Waals surface area contributed by atoms with Gasteiger partial charge in [0.15, 0.2) is 0 Å². The summed E-state index contributed by atoms with van der Waals surface area (Å²) in [4.78, 5) is 12.3. The number of phenolic OH excluding ortho intramolecular Hbond substituents is 1. The highest BCUT2D eigenvalue weighted by atomic mass is 32.2. The van der Waals surface area contributed by atoms with Crippen molar-refractivity contribution in [3.63, 3.8) is 0 Å². The Morgan fingerprint density at radius 3 is 2.15 bits per heavy atom. The number of phenols is 1. The summed E-state index contributed by atoms with van der Waals surface area (Å²) in [6.45, 7) is 17.0. The Morgan fingerprint density at radius 2 is 1.70 bits per heavy atom. The zero-order valence-corrected chi connectivity index (χ0v) is 18.4. The first-order chi connectivity index (χ1) is 12.4. The fourth-order valence-corrected chi connectivity index (χ4v) is 4.11. The second-order valence-electron chi connectivity index (χ2n) is 9.07. The Kier molecular flexibility index (Phi) is 6.17. The van der Waals surface area contributed by atoms with Gasteiger partial charge in [-0.1, -0.05) is 59.4 Å². The third kappa shape index (κ3) is 4.77. The van der Waals surface area contributed by atoms with Crippen molar-refractivity contribution >= 4 is 23.7 Å². The third-order valence-electron chi connectivity index (χ3n) is 4.56. The summed E-state index contributed by atoms with van der Waals surface area (Å²) >= 11 is 1.54. The van der Waals surface area contributed by atoms with Crippen LogP contribution in [0.25, 0.3) is 6.08 Å². The van der Waals surface area contributed by atoms with Crippen molar-refractivity contribution in [1.82, 2.24) is 10.0 Å². The second-order valence-corrected chi connectivity index (χ2v) is 10.1. The van der Waals surface area contributed by atoms with Crippen LogP contribution in [-0.2, 0) is 15.6 Å². The van der Waals surface area contributed by atoms with Gasteiger partial charge in [0.1, 0.15) is 5.75 Å². The molecule has 1 aliphatic heterocycles. The molecule has 0 atom stereocenters. The number of likely N-dealkylation sites (N-methyl/N-ethyl adjacent to an activating group) is 1. The SMILES string of the molecule is C=CCN(C)N1C(=O)CSC1=Cc1cc(C(C)(C)C)c(O)c(C(C)(C)C)c1. The molecule has 1 heterocycles. The van der Waals surface area contributed by atoms with Crippen molar-refractivity contribution in [3.05, 3.63) is 46.5 Å². The van der Waals surface area contributed by atoms with Crippen molar-refractivity contribution in [2.75, 3.05) is 19.3 Å². The maximum atomic E-state index is 12.3. The number of amides is 1. The van der Waals surface area contributed by atoms with E-state index in [9.17, 15) is 9.90 Å². The van der Waals surface area contributed by atoms with Gasteiger partial charge in [-0.3, -0.25) is 4.79 Å². The maximum Gasteiger partial charge on any atom is 0.252 e. The van der Waals surface area contributed by atoms with Crippen molar-refractivity contribution in [2.45, 2.75) is 52.4 Å². The quantitative estimate of drug-likeness (QED) is 0.746. The molecule has 0 aliphatic carbocycles. The van der Waals surface area contributed by atoms with E-state index in [-0.39, 0.29) is 16.7 Å². The van der Waals surface area contributed by atoms with Crippen LogP contribution >= 0.6 is 11.8 Å². The van der Waals surface area contributed by atoms with Crippen LogP contribution in [0.2, 0.25) is 0 Å². The van der Waals surface area contributed by atoms with Gasteiger partial charge >= 0.3 is 0 Å². The van der Waals surface area contributed by atoms with Crippen LogP contribution in [0.1, 0.15) is 58.2 Å². The van der Waals surface area contributed by atoms with Gasteiger partial charge in [-0.15, -0.1) is 6.58 Å². The Hall–Kier alpha value is -1.72. The minimum atomic E-state index is -0.184. The van der Waals surface area contributed by atoms with Crippen LogP contribution in [0.4, 0.5) is 0 Å². The van der Waals surface area contributed by atoms with E-state index < -0.39 is 0 Å². The molecule has 1 N–H and O–H groups in total. The Bertz CT molecular complexity index is 734. The van der Waals surface area contributed by atoms with Gasteiger partial charge in [0.25, 0.3) is 5.91 Å². The molecule has 5 heteroatoms.